The molecule has 1 aliphatic heterocycles. The monoisotopic (exact) mass is 287 g/mol. The molecule has 18 heavy (non-hydrogen) atoms. The third-order valence-corrected chi connectivity index (χ3v) is 4.14. The van der Waals surface area contributed by atoms with Crippen molar-refractivity contribution in [2.24, 2.45) is 0 Å². The largest absolute Gasteiger partial charge is 0.284 e. The smallest absolute Gasteiger partial charge is 0.258 e. The maximum Gasteiger partial charge on any atom is 0.258 e. The van der Waals surface area contributed by atoms with Crippen LogP contribution in [0.25, 0.3) is 6.08 Å². The molecule has 0 aromatic heterocycles. The molecule has 0 bridgehead atoms. The lowest BCUT2D eigenvalue weighted by molar-refractivity contribution is -0.107. The highest BCUT2D eigenvalue weighted by molar-refractivity contribution is 7.92. The Morgan fingerprint density at radius 3 is 2.56 bits per heavy atom. The Balaban J connectivity index is 2.09. The fourth-order valence-electron chi connectivity index (χ4n) is 1.58. The minimum Gasteiger partial charge on any atom is -0.284 e. The molecule has 0 atom stereocenters. The number of halogens is 1. The summed E-state index contributed by atoms with van der Waals surface area (Å²) in [5, 5.41) is 1.77. The van der Waals surface area contributed by atoms with Gasteiger partial charge in [0.05, 0.1) is 6.61 Å². The van der Waals surface area contributed by atoms with Crippen LogP contribution in [0.2, 0.25) is 5.02 Å². The molecule has 6 heteroatoms. The van der Waals surface area contributed by atoms with Crippen LogP contribution < -0.4 is 0 Å². The summed E-state index contributed by atoms with van der Waals surface area (Å²) in [6.07, 6.45) is 3.25. The van der Waals surface area contributed by atoms with Crippen LogP contribution in [0.5, 0.6) is 0 Å². The van der Waals surface area contributed by atoms with Gasteiger partial charge in [-0.2, -0.15) is 0 Å². The molecule has 1 heterocycles. The van der Waals surface area contributed by atoms with E-state index in [2.05, 4.69) is 0 Å². The topological polar surface area (TPSA) is 46.6 Å². The van der Waals surface area contributed by atoms with Crippen LogP contribution in [-0.4, -0.2) is 26.0 Å². The van der Waals surface area contributed by atoms with E-state index in [4.69, 9.17) is 16.4 Å². The first kappa shape index (κ1) is 13.5. The van der Waals surface area contributed by atoms with Gasteiger partial charge in [0.1, 0.15) is 0 Å². The van der Waals surface area contributed by atoms with Gasteiger partial charge >= 0.3 is 0 Å². The fourth-order valence-corrected chi connectivity index (χ4v) is 2.78. The summed E-state index contributed by atoms with van der Waals surface area (Å²) in [4.78, 5) is 5.12. The molecule has 0 radical (unpaired) electrons. The van der Waals surface area contributed by atoms with Gasteiger partial charge in [-0.3, -0.25) is 4.84 Å². The zero-order valence-corrected chi connectivity index (χ0v) is 11.3. The van der Waals surface area contributed by atoms with Crippen molar-refractivity contribution in [2.45, 2.75) is 12.8 Å². The molecule has 0 amide bonds. The SMILES string of the molecule is O=S(=O)(/C=C/c1ccc(Cl)cc1)N1CCCCO1. The Kier molecular flexibility index (Phi) is 4.40. The molecule has 1 saturated heterocycles. The zero-order valence-electron chi connectivity index (χ0n) is 9.75. The van der Waals surface area contributed by atoms with Gasteiger partial charge in [-0.1, -0.05) is 28.2 Å². The summed E-state index contributed by atoms with van der Waals surface area (Å²) in [5.74, 6) is 0. The van der Waals surface area contributed by atoms with Gasteiger partial charge in [0.2, 0.25) is 0 Å². The first-order chi connectivity index (χ1) is 8.58. The van der Waals surface area contributed by atoms with Crippen LogP contribution >= 0.6 is 11.6 Å². The van der Waals surface area contributed by atoms with Crippen LogP contribution in [0.3, 0.4) is 0 Å². The highest BCUT2D eigenvalue weighted by Crippen LogP contribution is 2.15. The van der Waals surface area contributed by atoms with E-state index in [-0.39, 0.29) is 0 Å². The molecule has 1 aromatic rings. The molecule has 1 aliphatic rings. The summed E-state index contributed by atoms with van der Waals surface area (Å²) in [5.41, 5.74) is 0.778. The molecule has 0 spiro atoms. The first-order valence-electron chi connectivity index (χ1n) is 5.67. The van der Waals surface area contributed by atoms with Gasteiger partial charge in [0.15, 0.2) is 0 Å². The number of sulfonamides is 1. The van der Waals surface area contributed by atoms with Crippen LogP contribution in [0, 0.1) is 0 Å². The van der Waals surface area contributed by atoms with Gasteiger partial charge < -0.3 is 0 Å². The van der Waals surface area contributed by atoms with E-state index < -0.39 is 10.0 Å². The van der Waals surface area contributed by atoms with Crippen molar-refractivity contribution in [3.63, 3.8) is 0 Å². The standard InChI is InChI=1S/C12H14ClNO3S/c13-12-5-3-11(4-6-12)7-10-18(15,16)14-8-1-2-9-17-14/h3-7,10H,1-2,8-9H2/b10-7+. The number of rotatable bonds is 3. The number of nitrogens with zero attached hydrogens (tertiary/aromatic N) is 1. The van der Waals surface area contributed by atoms with Crippen molar-refractivity contribution in [3.8, 4) is 0 Å². The molecular formula is C12H14ClNO3S. The summed E-state index contributed by atoms with van der Waals surface area (Å²) >= 11 is 5.75. The Labute approximate surface area is 112 Å². The van der Waals surface area contributed by atoms with E-state index in [0.29, 0.717) is 18.2 Å². The van der Waals surface area contributed by atoms with Gasteiger partial charge in [0, 0.05) is 17.0 Å². The molecular weight excluding hydrogens is 274 g/mol. The van der Waals surface area contributed by atoms with E-state index >= 15 is 0 Å². The van der Waals surface area contributed by atoms with E-state index in [1.165, 1.54) is 6.08 Å². The van der Waals surface area contributed by atoms with Crippen LogP contribution in [0.15, 0.2) is 29.7 Å². The number of hydroxylamine groups is 1. The average molecular weight is 288 g/mol. The molecule has 1 aromatic carbocycles. The third-order valence-electron chi connectivity index (χ3n) is 2.56. The maximum absolute atomic E-state index is 11.9. The van der Waals surface area contributed by atoms with Crippen LogP contribution in [0.1, 0.15) is 18.4 Å². The van der Waals surface area contributed by atoms with Crippen LogP contribution in [0.4, 0.5) is 0 Å². The van der Waals surface area contributed by atoms with E-state index in [1.54, 1.807) is 24.3 Å². The molecule has 4 nitrogen and oxygen atoms in total. The average Bonchev–Trinajstić information content (AvgIpc) is 2.39. The maximum atomic E-state index is 11.9. The van der Waals surface area contributed by atoms with Crippen molar-refractivity contribution in [3.05, 3.63) is 40.3 Å². The van der Waals surface area contributed by atoms with Gasteiger partial charge in [-0.15, -0.1) is 0 Å². The summed E-state index contributed by atoms with van der Waals surface area (Å²) in [6.45, 7) is 0.862. The zero-order chi connectivity index (χ0) is 13.0. The molecule has 0 N–H and O–H groups in total. The van der Waals surface area contributed by atoms with E-state index in [0.717, 1.165) is 28.3 Å². The van der Waals surface area contributed by atoms with Gasteiger partial charge in [-0.05, 0) is 36.6 Å². The molecule has 98 valence electrons. The minimum atomic E-state index is -3.49. The first-order valence-corrected chi connectivity index (χ1v) is 7.55. The Morgan fingerprint density at radius 2 is 1.94 bits per heavy atom. The number of hydrogen-bond acceptors (Lipinski definition) is 3. The highest BCUT2D eigenvalue weighted by Gasteiger charge is 2.22. The Morgan fingerprint density at radius 1 is 1.22 bits per heavy atom. The third kappa shape index (κ3) is 3.55. The summed E-state index contributed by atoms with van der Waals surface area (Å²) in [7, 11) is -3.49. The molecule has 2 rings (SSSR count). The molecule has 1 fully saturated rings. The molecule has 0 saturated carbocycles. The van der Waals surface area contributed by atoms with Crippen molar-refractivity contribution in [1.29, 1.82) is 0 Å². The summed E-state index contributed by atoms with van der Waals surface area (Å²) in [6, 6.07) is 6.94. The van der Waals surface area contributed by atoms with Crippen molar-refractivity contribution in [2.75, 3.05) is 13.2 Å². The lowest BCUT2D eigenvalue weighted by Crippen LogP contribution is -2.34. The fraction of sp³-hybridized carbons (Fsp3) is 0.333. The van der Waals surface area contributed by atoms with Gasteiger partial charge in [-0.25, -0.2) is 8.42 Å². The Bertz CT molecular complexity index is 519. The predicted octanol–water partition coefficient (Wildman–Crippen LogP) is 2.67. The molecule has 0 aliphatic carbocycles. The van der Waals surface area contributed by atoms with E-state index in [1.807, 2.05) is 0 Å². The number of benzene rings is 1. The second-order valence-electron chi connectivity index (χ2n) is 3.97. The number of hydrogen-bond donors (Lipinski definition) is 0. The second kappa shape index (κ2) is 5.84. The quantitative estimate of drug-likeness (QED) is 0.859. The predicted molar refractivity (Wildman–Crippen MR) is 71.3 cm³/mol. The van der Waals surface area contributed by atoms with Crippen molar-refractivity contribution in [1.82, 2.24) is 4.47 Å². The lowest BCUT2D eigenvalue weighted by Gasteiger charge is -2.23. The normalized spacial score (nSPS) is 18.3. The lowest BCUT2D eigenvalue weighted by atomic mass is 10.2. The summed E-state index contributed by atoms with van der Waals surface area (Å²) < 4.78 is 24.9. The van der Waals surface area contributed by atoms with Crippen molar-refractivity contribution >= 4 is 27.7 Å². The molecule has 0 unspecified atom stereocenters. The minimum absolute atomic E-state index is 0.410. The second-order valence-corrected chi connectivity index (χ2v) is 6.11. The highest BCUT2D eigenvalue weighted by atomic mass is 35.5. The van der Waals surface area contributed by atoms with Gasteiger partial charge in [0.25, 0.3) is 10.0 Å². The van der Waals surface area contributed by atoms with Crippen molar-refractivity contribution < 1.29 is 13.3 Å². The Hall–Kier alpha value is -0.880. The van der Waals surface area contributed by atoms with Crippen LogP contribution in [-0.2, 0) is 14.9 Å². The van der Waals surface area contributed by atoms with E-state index in [9.17, 15) is 8.42 Å².